The van der Waals surface area contributed by atoms with Gasteiger partial charge in [0, 0.05) is 21.0 Å². The van der Waals surface area contributed by atoms with Gasteiger partial charge in [-0.25, -0.2) is 3.15 Å². The van der Waals surface area contributed by atoms with E-state index in [1.165, 1.54) is 0 Å². The van der Waals surface area contributed by atoms with Gasteiger partial charge in [-0.05, 0) is 0 Å². The first-order chi connectivity index (χ1) is 3.39. The second kappa shape index (κ2) is 2.56. The molecule has 0 N–H and O–H groups in total. The average molecular weight is 226 g/mol. The van der Waals surface area contributed by atoms with E-state index in [4.69, 9.17) is 0 Å². The number of halogens is 1. The third-order valence-electron chi connectivity index (χ3n) is 0.425. The van der Waals surface area contributed by atoms with Crippen molar-refractivity contribution in [3.63, 3.8) is 0 Å². The molecular weight excluding hydrogens is 223 g/mol. The molecule has 0 unspecified atom stereocenters. The summed E-state index contributed by atoms with van der Waals surface area (Å²) in [6, 6.07) is 0. The highest BCUT2D eigenvalue weighted by molar-refractivity contribution is 14.2. The minimum atomic E-state index is -0.137. The molecule has 0 amide bonds. The highest BCUT2D eigenvalue weighted by atomic mass is 127. The predicted octanol–water partition coefficient (Wildman–Crippen LogP) is 1.91. The topological polar surface area (TPSA) is 24.7 Å². The van der Waals surface area contributed by atoms with E-state index in [2.05, 4.69) is 20.8 Å². The molecule has 0 atom stereocenters. The molecule has 0 fully saturated rings. The molecule has 0 bridgehead atoms. The van der Waals surface area contributed by atoms with Crippen molar-refractivity contribution in [1.82, 2.24) is 0 Å². The van der Waals surface area contributed by atoms with E-state index >= 15 is 0 Å². The molecule has 4 heteroatoms. The molecule has 0 saturated carbocycles. The fourth-order valence-corrected chi connectivity index (χ4v) is 1.41. The van der Waals surface area contributed by atoms with Crippen LogP contribution in [0.2, 0.25) is 0 Å². The molecule has 1 aliphatic rings. The monoisotopic (exact) mass is 226 g/mol. The second-order valence-electron chi connectivity index (χ2n) is 0.916. The van der Waals surface area contributed by atoms with Gasteiger partial charge in [0.1, 0.15) is 5.03 Å². The van der Waals surface area contributed by atoms with Crippen LogP contribution < -0.4 is 0 Å². The van der Waals surface area contributed by atoms with E-state index in [-0.39, 0.29) is 21.0 Å². The van der Waals surface area contributed by atoms with Crippen molar-refractivity contribution in [3.05, 3.63) is 11.2 Å². The molecule has 0 saturated heterocycles. The van der Waals surface area contributed by atoms with E-state index in [0.29, 0.717) is 0 Å². The Hall–Kier alpha value is 0.290. The van der Waals surface area contributed by atoms with Crippen LogP contribution in [0.4, 0.5) is 0 Å². The van der Waals surface area contributed by atoms with Gasteiger partial charge in [-0.15, -0.1) is 12.6 Å². The van der Waals surface area contributed by atoms with Crippen LogP contribution in [-0.4, -0.2) is 4.22 Å². The molecule has 0 aromatic carbocycles. The maximum atomic E-state index is 4.02. The highest BCUT2D eigenvalue weighted by Crippen LogP contribution is 2.13. The maximum absolute atomic E-state index is 4.02. The van der Waals surface area contributed by atoms with E-state index in [9.17, 15) is 0 Å². The average Bonchev–Trinajstić information content (AvgIpc) is 1.69. The number of hydrogen-bond donors (Lipinski definition) is 1. The van der Waals surface area contributed by atoms with Gasteiger partial charge in [0.2, 0.25) is 0 Å². The Bertz CT molecular complexity index is 149. The molecule has 0 spiro atoms. The lowest BCUT2D eigenvalue weighted by molar-refractivity contribution is 1.50. The fraction of sp³-hybridized carbons (Fsp3) is 0. The molecule has 1 heterocycles. The van der Waals surface area contributed by atoms with Crippen LogP contribution in [0.5, 0.6) is 0 Å². The summed E-state index contributed by atoms with van der Waals surface area (Å²) in [5.74, 6) is 0. The lowest BCUT2D eigenvalue weighted by Crippen LogP contribution is -1.63. The van der Waals surface area contributed by atoms with Gasteiger partial charge in [-0.3, -0.25) is 4.99 Å². The van der Waals surface area contributed by atoms with E-state index in [1.54, 1.807) is 6.20 Å². The summed E-state index contributed by atoms with van der Waals surface area (Å²) < 4.78 is 5.86. The van der Waals surface area contributed by atoms with Crippen molar-refractivity contribution in [2.45, 2.75) is 0 Å². The van der Waals surface area contributed by atoms with Crippen molar-refractivity contribution in [3.8, 4) is 0 Å². The van der Waals surface area contributed by atoms with Crippen LogP contribution >= 0.6 is 33.7 Å². The van der Waals surface area contributed by atoms with Crippen molar-refractivity contribution in [2.24, 2.45) is 8.14 Å². The number of aliphatic imine (C=N–C) groups is 1. The SMILES string of the molecule is SC1=CN=CI=N1. The molecule has 0 aromatic rings. The van der Waals surface area contributed by atoms with Gasteiger partial charge in [-0.1, -0.05) is 0 Å². The van der Waals surface area contributed by atoms with Gasteiger partial charge >= 0.3 is 0 Å². The van der Waals surface area contributed by atoms with Crippen LogP contribution in [0, 0.1) is 0 Å². The number of thiol groups is 1. The van der Waals surface area contributed by atoms with Gasteiger partial charge < -0.3 is 0 Å². The van der Waals surface area contributed by atoms with Crippen LogP contribution in [0.25, 0.3) is 0 Å². The zero-order valence-corrected chi connectivity index (χ0v) is 6.43. The summed E-state index contributed by atoms with van der Waals surface area (Å²) in [6.45, 7) is 0. The van der Waals surface area contributed by atoms with Crippen LogP contribution in [-0.2, 0) is 0 Å². The summed E-state index contributed by atoms with van der Waals surface area (Å²) in [5.41, 5.74) is 0. The summed E-state index contributed by atoms with van der Waals surface area (Å²) in [5, 5.41) is 0.760. The lowest BCUT2D eigenvalue weighted by Gasteiger charge is -1.86. The third-order valence-corrected chi connectivity index (χ3v) is 2.39. The zero-order chi connectivity index (χ0) is 5.11. The first-order valence-electron chi connectivity index (χ1n) is 1.64. The van der Waals surface area contributed by atoms with Gasteiger partial charge in [0.05, 0.1) is 10.4 Å². The summed E-state index contributed by atoms with van der Waals surface area (Å²) in [6.07, 6.45) is 1.65. The van der Waals surface area contributed by atoms with Crippen molar-refractivity contribution >= 4 is 37.9 Å². The summed E-state index contributed by atoms with van der Waals surface area (Å²) >= 11 is 3.83. The van der Waals surface area contributed by atoms with Crippen molar-refractivity contribution in [2.75, 3.05) is 0 Å². The number of hydrogen-bond acceptors (Lipinski definition) is 3. The molecule has 7 heavy (non-hydrogen) atoms. The molecule has 0 radical (unpaired) electrons. The minimum Gasteiger partial charge on any atom is -0.254 e. The van der Waals surface area contributed by atoms with Gasteiger partial charge in [-0.2, -0.15) is 0 Å². The molecule has 1 aliphatic heterocycles. The Labute approximate surface area is 57.3 Å². The molecule has 0 aliphatic carbocycles. The van der Waals surface area contributed by atoms with Gasteiger partial charge in [0.15, 0.2) is 0 Å². The fourth-order valence-electron chi connectivity index (χ4n) is 0.214. The third kappa shape index (κ3) is 1.68. The number of rotatable bonds is 0. The highest BCUT2D eigenvalue weighted by Gasteiger charge is 1.82. The van der Waals surface area contributed by atoms with Crippen molar-refractivity contribution in [1.29, 1.82) is 0 Å². The minimum absolute atomic E-state index is 0.137. The summed E-state index contributed by atoms with van der Waals surface area (Å²) in [4.78, 5) is 3.85. The smallest absolute Gasteiger partial charge is 0.117 e. The molecule has 0 aromatic heterocycles. The first kappa shape index (κ1) is 5.43. The standard InChI is InChI=1S/C3H3IN2S/c7-3-1-5-2-4-6-3/h1-2H,(H,6,7). The zero-order valence-electron chi connectivity index (χ0n) is 3.37. The van der Waals surface area contributed by atoms with E-state index in [0.717, 1.165) is 5.03 Å². The Morgan fingerprint density at radius 2 is 2.57 bits per heavy atom. The Kier molecular flexibility index (Phi) is 1.99. The lowest BCUT2D eigenvalue weighted by atomic mass is 10.9. The molecular formula is C3H3IN2S. The molecule has 38 valence electrons. The van der Waals surface area contributed by atoms with E-state index in [1.807, 2.05) is 4.22 Å². The Balaban J connectivity index is 2.82. The van der Waals surface area contributed by atoms with Crippen LogP contribution in [0.3, 0.4) is 0 Å². The Morgan fingerprint density at radius 3 is 2.86 bits per heavy atom. The van der Waals surface area contributed by atoms with E-state index < -0.39 is 0 Å². The molecule has 2 nitrogen and oxygen atoms in total. The quantitative estimate of drug-likeness (QED) is 0.482. The molecule has 1 rings (SSSR count). The first-order valence-corrected chi connectivity index (χ1v) is 4.30. The predicted molar refractivity (Wildman–Crippen MR) is 42.0 cm³/mol. The largest absolute Gasteiger partial charge is 0.254 e. The normalized spacial score (nSPS) is 18.1. The van der Waals surface area contributed by atoms with Crippen molar-refractivity contribution < 1.29 is 0 Å². The van der Waals surface area contributed by atoms with Crippen LogP contribution in [0.15, 0.2) is 19.4 Å². The van der Waals surface area contributed by atoms with Crippen LogP contribution in [0.1, 0.15) is 0 Å². The number of nitrogens with zero attached hydrogens (tertiary/aromatic N) is 2. The second-order valence-corrected chi connectivity index (χ2v) is 2.97. The Morgan fingerprint density at radius 1 is 1.71 bits per heavy atom. The summed E-state index contributed by atoms with van der Waals surface area (Å²) in [7, 11) is 0. The van der Waals surface area contributed by atoms with Gasteiger partial charge in [0.25, 0.3) is 0 Å². The maximum Gasteiger partial charge on any atom is 0.117 e.